The Balaban J connectivity index is 1.62. The van der Waals surface area contributed by atoms with Gasteiger partial charge in [0.15, 0.2) is 5.65 Å². The molecule has 0 radical (unpaired) electrons. The second kappa shape index (κ2) is 9.06. The maximum absolute atomic E-state index is 13.6. The van der Waals surface area contributed by atoms with Crippen molar-refractivity contribution < 1.29 is 4.74 Å². The number of aromatic nitrogens is 4. The van der Waals surface area contributed by atoms with E-state index in [1.165, 1.54) is 0 Å². The number of nitrogens with zero attached hydrogens (tertiary/aromatic N) is 5. The van der Waals surface area contributed by atoms with Gasteiger partial charge in [-0.3, -0.25) is 9.36 Å². The van der Waals surface area contributed by atoms with Crippen LogP contribution in [0.4, 0.5) is 5.95 Å². The highest BCUT2D eigenvalue weighted by Gasteiger charge is 2.18. The highest BCUT2D eigenvalue weighted by molar-refractivity contribution is 6.30. The summed E-state index contributed by atoms with van der Waals surface area (Å²) in [5.41, 5.74) is 3.18. The van der Waals surface area contributed by atoms with Gasteiger partial charge in [-0.1, -0.05) is 54.1 Å². The zero-order chi connectivity index (χ0) is 21.9. The Labute approximate surface area is 190 Å². The van der Waals surface area contributed by atoms with E-state index >= 15 is 0 Å². The molecule has 5 rings (SSSR count). The molecule has 2 aromatic carbocycles. The van der Waals surface area contributed by atoms with Crippen LogP contribution in [0.3, 0.4) is 0 Å². The van der Waals surface area contributed by atoms with Gasteiger partial charge in [-0.05, 0) is 24.1 Å². The molecule has 4 aromatic rings. The number of anilines is 1. The molecule has 162 valence electrons. The molecule has 8 heteroatoms. The van der Waals surface area contributed by atoms with Crippen LogP contribution < -0.4 is 10.5 Å². The highest BCUT2D eigenvalue weighted by Crippen LogP contribution is 2.21. The summed E-state index contributed by atoms with van der Waals surface area (Å²) in [6, 6.07) is 17.2. The Morgan fingerprint density at radius 2 is 1.72 bits per heavy atom. The molecule has 0 amide bonds. The second-order valence-electron chi connectivity index (χ2n) is 7.64. The van der Waals surface area contributed by atoms with E-state index in [2.05, 4.69) is 27.0 Å². The summed E-state index contributed by atoms with van der Waals surface area (Å²) < 4.78 is 7.15. The summed E-state index contributed by atoms with van der Waals surface area (Å²) in [6.45, 7) is 3.19. The predicted molar refractivity (Wildman–Crippen MR) is 125 cm³/mol. The number of hydrogen-bond acceptors (Lipinski definition) is 6. The fourth-order valence-corrected chi connectivity index (χ4v) is 3.96. The van der Waals surface area contributed by atoms with E-state index in [1.807, 2.05) is 30.3 Å². The molecular formula is C24H22ClN5O2. The molecule has 0 atom stereocenters. The third-order valence-corrected chi connectivity index (χ3v) is 5.80. The zero-order valence-corrected chi connectivity index (χ0v) is 18.2. The first-order valence-electron chi connectivity index (χ1n) is 10.6. The van der Waals surface area contributed by atoms with Crippen LogP contribution in [0.25, 0.3) is 22.4 Å². The van der Waals surface area contributed by atoms with Crippen molar-refractivity contribution in [1.82, 2.24) is 19.5 Å². The molecule has 7 nitrogen and oxygen atoms in total. The Hall–Kier alpha value is -3.29. The van der Waals surface area contributed by atoms with Crippen LogP contribution in [0.1, 0.15) is 5.56 Å². The molecule has 3 heterocycles. The van der Waals surface area contributed by atoms with Gasteiger partial charge in [-0.15, -0.1) is 0 Å². The van der Waals surface area contributed by atoms with E-state index in [4.69, 9.17) is 21.3 Å². The van der Waals surface area contributed by atoms with Crippen LogP contribution in [0.5, 0.6) is 0 Å². The first kappa shape index (κ1) is 20.6. The van der Waals surface area contributed by atoms with Gasteiger partial charge < -0.3 is 9.64 Å². The Kier molecular flexibility index (Phi) is 5.83. The van der Waals surface area contributed by atoms with Crippen LogP contribution >= 0.6 is 11.6 Å². The van der Waals surface area contributed by atoms with E-state index in [0.717, 1.165) is 18.7 Å². The summed E-state index contributed by atoms with van der Waals surface area (Å²) in [4.78, 5) is 29.5. The Morgan fingerprint density at radius 1 is 0.969 bits per heavy atom. The minimum Gasteiger partial charge on any atom is -0.378 e. The topological polar surface area (TPSA) is 73.1 Å². The van der Waals surface area contributed by atoms with Crippen LogP contribution in [0.2, 0.25) is 5.02 Å². The minimum absolute atomic E-state index is 0.178. The number of benzene rings is 2. The molecule has 0 aliphatic carbocycles. The van der Waals surface area contributed by atoms with Crippen molar-refractivity contribution in [2.24, 2.45) is 0 Å². The molecule has 0 N–H and O–H groups in total. The molecule has 1 aliphatic heterocycles. The van der Waals surface area contributed by atoms with E-state index in [9.17, 15) is 4.79 Å². The number of rotatable bonds is 5. The molecule has 2 aromatic heterocycles. The van der Waals surface area contributed by atoms with Crippen molar-refractivity contribution in [2.45, 2.75) is 13.0 Å². The maximum Gasteiger partial charge on any atom is 0.278 e. The molecule has 0 unspecified atom stereocenters. The maximum atomic E-state index is 13.6. The van der Waals surface area contributed by atoms with Gasteiger partial charge in [0.05, 0.1) is 19.4 Å². The lowest BCUT2D eigenvalue weighted by molar-refractivity contribution is 0.122. The van der Waals surface area contributed by atoms with Crippen molar-refractivity contribution >= 4 is 28.7 Å². The largest absolute Gasteiger partial charge is 0.378 e. The lowest BCUT2D eigenvalue weighted by Gasteiger charge is -2.26. The second-order valence-corrected chi connectivity index (χ2v) is 8.07. The van der Waals surface area contributed by atoms with Gasteiger partial charge in [0.1, 0.15) is 11.2 Å². The van der Waals surface area contributed by atoms with Crippen LogP contribution in [0, 0.1) is 0 Å². The number of morpholine rings is 1. The van der Waals surface area contributed by atoms with Crippen molar-refractivity contribution in [1.29, 1.82) is 0 Å². The summed E-state index contributed by atoms with van der Waals surface area (Å²) in [6.07, 6.45) is 2.40. The number of aryl methyl sites for hydroxylation is 2. The molecule has 1 fully saturated rings. The third kappa shape index (κ3) is 4.22. The summed E-state index contributed by atoms with van der Waals surface area (Å²) in [7, 11) is 0. The molecule has 1 saturated heterocycles. The van der Waals surface area contributed by atoms with E-state index in [-0.39, 0.29) is 5.56 Å². The Morgan fingerprint density at radius 3 is 2.47 bits per heavy atom. The molecule has 32 heavy (non-hydrogen) atoms. The van der Waals surface area contributed by atoms with E-state index in [0.29, 0.717) is 59.6 Å². The smallest absolute Gasteiger partial charge is 0.278 e. The fraction of sp³-hybridized carbons (Fsp3) is 0.250. The summed E-state index contributed by atoms with van der Waals surface area (Å²) in [5.74, 6) is 0.592. The van der Waals surface area contributed by atoms with Crippen LogP contribution in [-0.4, -0.2) is 45.8 Å². The standard InChI is InChI=1S/C24H22ClN5O2/c25-19-8-6-18(7-9-19)21-23(31)30(11-10-17-4-2-1-3-5-17)22-20(27-21)16-26-24(28-22)29-12-14-32-15-13-29/h1-9,16H,10-15H2. The molecule has 0 spiro atoms. The van der Waals surface area contributed by atoms with Gasteiger partial charge in [0, 0.05) is 30.2 Å². The molecule has 1 aliphatic rings. The number of ether oxygens (including phenoxy) is 1. The van der Waals surface area contributed by atoms with Crippen molar-refractivity contribution in [3.8, 4) is 11.3 Å². The van der Waals surface area contributed by atoms with E-state index < -0.39 is 0 Å². The first-order valence-corrected chi connectivity index (χ1v) is 11.0. The summed E-state index contributed by atoms with van der Waals surface area (Å²) >= 11 is 6.04. The normalized spacial score (nSPS) is 14.1. The molecule has 0 saturated carbocycles. The van der Waals surface area contributed by atoms with Crippen molar-refractivity contribution in [2.75, 3.05) is 31.2 Å². The molecule has 0 bridgehead atoms. The average molecular weight is 448 g/mol. The van der Waals surface area contributed by atoms with Crippen LogP contribution in [0.15, 0.2) is 65.6 Å². The number of fused-ring (bicyclic) bond motifs is 1. The SMILES string of the molecule is O=c1c(-c2ccc(Cl)cc2)nc2cnc(N3CCOCC3)nc2n1CCc1ccccc1. The third-order valence-electron chi connectivity index (χ3n) is 5.55. The predicted octanol–water partition coefficient (Wildman–Crippen LogP) is 3.59. The van der Waals surface area contributed by atoms with Gasteiger partial charge in [0.2, 0.25) is 5.95 Å². The van der Waals surface area contributed by atoms with Gasteiger partial charge in [0.25, 0.3) is 5.56 Å². The summed E-state index contributed by atoms with van der Waals surface area (Å²) in [5, 5.41) is 0.609. The van der Waals surface area contributed by atoms with Gasteiger partial charge in [-0.2, -0.15) is 4.98 Å². The van der Waals surface area contributed by atoms with E-state index in [1.54, 1.807) is 22.9 Å². The Bertz CT molecular complexity index is 1290. The van der Waals surface area contributed by atoms with Gasteiger partial charge in [-0.25, -0.2) is 9.97 Å². The monoisotopic (exact) mass is 447 g/mol. The van der Waals surface area contributed by atoms with Gasteiger partial charge >= 0.3 is 0 Å². The molecular weight excluding hydrogens is 426 g/mol. The number of hydrogen-bond donors (Lipinski definition) is 0. The van der Waals surface area contributed by atoms with Crippen LogP contribution in [-0.2, 0) is 17.7 Å². The zero-order valence-electron chi connectivity index (χ0n) is 17.4. The first-order chi connectivity index (χ1) is 15.7. The lowest BCUT2D eigenvalue weighted by Crippen LogP contribution is -2.37. The lowest BCUT2D eigenvalue weighted by atomic mass is 10.1. The fourth-order valence-electron chi connectivity index (χ4n) is 3.83. The highest BCUT2D eigenvalue weighted by atomic mass is 35.5. The number of halogens is 1. The quantitative estimate of drug-likeness (QED) is 0.465. The minimum atomic E-state index is -0.178. The van der Waals surface area contributed by atoms with Crippen molar-refractivity contribution in [3.05, 3.63) is 81.7 Å². The van der Waals surface area contributed by atoms with Crippen molar-refractivity contribution in [3.63, 3.8) is 0 Å². The average Bonchev–Trinajstić information content (AvgIpc) is 2.85.